The fourth-order valence-corrected chi connectivity index (χ4v) is 10.9. The molecule has 0 spiro atoms. The lowest BCUT2D eigenvalue weighted by Gasteiger charge is -2.65. The lowest BCUT2D eigenvalue weighted by atomic mass is 9.38. The van der Waals surface area contributed by atoms with Crippen LogP contribution in [0.25, 0.3) is 0 Å². The molecule has 15 unspecified atom stereocenters. The highest BCUT2D eigenvalue weighted by molar-refractivity contribution is 5.90. The number of Topliss-reactive ketones (excluding diaryl/α,β-unsaturated/α-hetero) is 2. The summed E-state index contributed by atoms with van der Waals surface area (Å²) in [6, 6.07) is 0. The van der Waals surface area contributed by atoms with Crippen molar-refractivity contribution in [2.45, 2.75) is 154 Å². The minimum atomic E-state index is -1.94. The van der Waals surface area contributed by atoms with Gasteiger partial charge >= 0.3 is 0 Å². The molecule has 274 valence electrons. The van der Waals surface area contributed by atoms with Crippen molar-refractivity contribution in [2.24, 2.45) is 39.4 Å². The second-order valence-electron chi connectivity index (χ2n) is 17.6. The molecule has 0 amide bonds. The van der Waals surface area contributed by atoms with Gasteiger partial charge in [-0.2, -0.15) is 0 Å². The summed E-state index contributed by atoms with van der Waals surface area (Å²) < 4.78 is 11.8. The Bertz CT molecular complexity index is 1300. The van der Waals surface area contributed by atoms with Crippen LogP contribution < -0.4 is 0 Å². The Morgan fingerprint density at radius 2 is 1.60 bits per heavy atom. The Morgan fingerprint density at radius 1 is 0.979 bits per heavy atom. The summed E-state index contributed by atoms with van der Waals surface area (Å²) in [4.78, 5) is 28.2. The normalized spacial score (nSPS) is 48.5. The SMILES string of the molecule is CC(C)(O)CCC(=O)C(C)(O)C1C(O)CC2(C)C3CC=C4C(CC(OC5OC(CO)C(O)C(O)C5O)C(O)C4(C)C)C3(C)C(=O)CC12C. The molecule has 5 rings (SSSR count). The van der Waals surface area contributed by atoms with Gasteiger partial charge in [-0.05, 0) is 69.1 Å². The zero-order valence-electron chi connectivity index (χ0n) is 29.6. The van der Waals surface area contributed by atoms with Gasteiger partial charge in [-0.3, -0.25) is 9.59 Å². The van der Waals surface area contributed by atoms with Crippen molar-refractivity contribution in [3.05, 3.63) is 11.6 Å². The maximum Gasteiger partial charge on any atom is 0.187 e. The molecule has 3 saturated carbocycles. The van der Waals surface area contributed by atoms with E-state index in [-0.39, 0.29) is 43.8 Å². The molecule has 0 bridgehead atoms. The molecule has 15 atom stereocenters. The fourth-order valence-electron chi connectivity index (χ4n) is 10.9. The molecule has 48 heavy (non-hydrogen) atoms. The highest BCUT2D eigenvalue weighted by atomic mass is 16.7. The molecule has 1 saturated heterocycles. The summed E-state index contributed by atoms with van der Waals surface area (Å²) in [5, 5.41) is 86.4. The first kappa shape index (κ1) is 37.9. The number of aliphatic hydroxyl groups is 8. The topological polar surface area (TPSA) is 214 Å². The number of hydrogen-bond donors (Lipinski definition) is 8. The summed E-state index contributed by atoms with van der Waals surface area (Å²) in [5.74, 6) is -2.19. The summed E-state index contributed by atoms with van der Waals surface area (Å²) in [7, 11) is 0. The van der Waals surface area contributed by atoms with Crippen LogP contribution >= 0.6 is 0 Å². The van der Waals surface area contributed by atoms with E-state index in [1.54, 1.807) is 13.8 Å². The van der Waals surface area contributed by atoms with E-state index in [1.165, 1.54) is 6.92 Å². The van der Waals surface area contributed by atoms with Crippen LogP contribution in [0.2, 0.25) is 0 Å². The van der Waals surface area contributed by atoms with Crippen LogP contribution in [-0.4, -0.2) is 119 Å². The molecular weight excluding hydrogens is 624 g/mol. The van der Waals surface area contributed by atoms with Crippen LogP contribution in [0.1, 0.15) is 93.9 Å². The van der Waals surface area contributed by atoms with Crippen LogP contribution in [-0.2, 0) is 19.1 Å². The van der Waals surface area contributed by atoms with Gasteiger partial charge in [0.25, 0.3) is 0 Å². The zero-order valence-corrected chi connectivity index (χ0v) is 29.6. The zero-order chi connectivity index (χ0) is 36.2. The van der Waals surface area contributed by atoms with Crippen molar-refractivity contribution >= 4 is 11.6 Å². The fraction of sp³-hybridized carbons (Fsp3) is 0.889. The maximum atomic E-state index is 14.7. The predicted octanol–water partition coefficient (Wildman–Crippen LogP) is 0.769. The van der Waals surface area contributed by atoms with Gasteiger partial charge in [0.1, 0.15) is 35.8 Å². The van der Waals surface area contributed by atoms with E-state index in [2.05, 4.69) is 6.08 Å². The van der Waals surface area contributed by atoms with Crippen molar-refractivity contribution in [3.63, 3.8) is 0 Å². The van der Waals surface area contributed by atoms with E-state index in [4.69, 9.17) is 9.47 Å². The van der Waals surface area contributed by atoms with E-state index in [0.29, 0.717) is 6.42 Å². The minimum Gasteiger partial charge on any atom is -0.394 e. The Balaban J connectivity index is 1.49. The van der Waals surface area contributed by atoms with E-state index in [1.807, 2.05) is 34.6 Å². The third kappa shape index (κ3) is 5.48. The van der Waals surface area contributed by atoms with Gasteiger partial charge in [-0.15, -0.1) is 0 Å². The maximum absolute atomic E-state index is 14.7. The molecule has 0 aromatic heterocycles. The number of rotatable bonds is 8. The number of ether oxygens (including phenoxy) is 2. The largest absolute Gasteiger partial charge is 0.394 e. The molecule has 12 heteroatoms. The Hall–Kier alpha value is -1.32. The van der Waals surface area contributed by atoms with Gasteiger partial charge in [-0.25, -0.2) is 0 Å². The molecule has 8 N–H and O–H groups in total. The molecule has 5 aliphatic rings. The van der Waals surface area contributed by atoms with E-state index in [0.717, 1.165) is 5.57 Å². The van der Waals surface area contributed by atoms with Crippen molar-refractivity contribution in [3.8, 4) is 0 Å². The van der Waals surface area contributed by atoms with Gasteiger partial charge in [-0.1, -0.05) is 46.3 Å². The lowest BCUT2D eigenvalue weighted by Crippen LogP contribution is -2.66. The number of allylic oxidation sites excluding steroid dienone is 1. The van der Waals surface area contributed by atoms with E-state index < -0.39 is 106 Å². The molecule has 0 radical (unpaired) electrons. The number of ketones is 2. The van der Waals surface area contributed by atoms with Gasteiger partial charge in [0.05, 0.1) is 30.5 Å². The van der Waals surface area contributed by atoms with Crippen molar-refractivity contribution in [1.82, 2.24) is 0 Å². The van der Waals surface area contributed by atoms with Crippen LogP contribution in [0, 0.1) is 39.4 Å². The first-order valence-corrected chi connectivity index (χ1v) is 17.4. The molecule has 1 aliphatic heterocycles. The van der Waals surface area contributed by atoms with Gasteiger partial charge in [0.2, 0.25) is 0 Å². The number of hydrogen-bond acceptors (Lipinski definition) is 12. The van der Waals surface area contributed by atoms with Crippen molar-refractivity contribution in [2.75, 3.05) is 6.61 Å². The highest BCUT2D eigenvalue weighted by Crippen LogP contribution is 2.74. The van der Waals surface area contributed by atoms with Gasteiger partial charge in [0, 0.05) is 29.6 Å². The molecule has 1 heterocycles. The Kier molecular flexibility index (Phi) is 9.59. The number of aliphatic hydroxyl groups excluding tert-OH is 6. The lowest BCUT2D eigenvalue weighted by molar-refractivity contribution is -0.323. The summed E-state index contributed by atoms with van der Waals surface area (Å²) in [5.41, 5.74) is -5.61. The Morgan fingerprint density at radius 3 is 2.19 bits per heavy atom. The Labute approximate surface area is 283 Å². The van der Waals surface area contributed by atoms with Crippen molar-refractivity contribution in [1.29, 1.82) is 0 Å². The summed E-state index contributed by atoms with van der Waals surface area (Å²) in [6.07, 6.45) is -7.54. The first-order valence-electron chi connectivity index (χ1n) is 17.4. The van der Waals surface area contributed by atoms with Crippen LogP contribution in [0.15, 0.2) is 11.6 Å². The molecule has 4 aliphatic carbocycles. The average molecular weight is 683 g/mol. The highest BCUT2D eigenvalue weighted by Gasteiger charge is 2.74. The van der Waals surface area contributed by atoms with Gasteiger partial charge < -0.3 is 50.3 Å². The monoisotopic (exact) mass is 682 g/mol. The molecular formula is C36H58O12. The third-order valence-electron chi connectivity index (χ3n) is 13.9. The predicted molar refractivity (Wildman–Crippen MR) is 172 cm³/mol. The minimum absolute atomic E-state index is 0.0121. The van der Waals surface area contributed by atoms with E-state index >= 15 is 0 Å². The molecule has 0 aromatic rings. The van der Waals surface area contributed by atoms with Crippen LogP contribution in [0.4, 0.5) is 0 Å². The second kappa shape index (κ2) is 12.1. The van der Waals surface area contributed by atoms with Crippen molar-refractivity contribution < 1.29 is 59.9 Å². The number of carbonyl (C=O) groups excluding carboxylic acids is 2. The third-order valence-corrected chi connectivity index (χ3v) is 13.9. The van der Waals surface area contributed by atoms with E-state index in [9.17, 15) is 50.4 Å². The quantitative estimate of drug-likeness (QED) is 0.167. The molecule has 4 fully saturated rings. The number of carbonyl (C=O) groups is 2. The molecule has 0 aromatic carbocycles. The summed E-state index contributed by atoms with van der Waals surface area (Å²) >= 11 is 0. The standard InChI is InChI=1S/C36H58O12/c1-31(2,45)12-11-23(39)36(8,46)28-19(38)14-33(5)22-10-9-17-18(35(22,7)24(40)15-34(28,33)6)13-20(29(44)32(17,3)4)47-30-27(43)26(42)25(41)21(16-37)48-30/h9,18-22,25-30,37-38,41-46H,10-16H2,1-8H3. The first-order chi connectivity index (χ1) is 21.9. The van der Waals surface area contributed by atoms with Crippen LogP contribution in [0.5, 0.6) is 0 Å². The summed E-state index contributed by atoms with van der Waals surface area (Å²) in [6.45, 7) is 13.6. The second-order valence-corrected chi connectivity index (χ2v) is 17.6. The molecule has 12 nitrogen and oxygen atoms in total. The van der Waals surface area contributed by atoms with Crippen LogP contribution in [0.3, 0.4) is 0 Å². The number of fused-ring (bicyclic) bond motifs is 5. The van der Waals surface area contributed by atoms with Gasteiger partial charge in [0.15, 0.2) is 12.1 Å². The smallest absolute Gasteiger partial charge is 0.187 e. The average Bonchev–Trinajstić information content (AvgIpc) is 3.19.